The molecule has 0 spiro atoms. The molecule has 3 nitrogen and oxygen atoms in total. The minimum absolute atomic E-state index is 0.872. The third kappa shape index (κ3) is 9.36. The molecule has 1 heterocycles. The summed E-state index contributed by atoms with van der Waals surface area (Å²) in [5.41, 5.74) is 21.9. The molecule has 0 N–H and O–H groups in total. The molecule has 0 atom stereocenters. The monoisotopic (exact) mass is 962 g/mol. The molecule has 0 unspecified atom stereocenters. The van der Waals surface area contributed by atoms with Gasteiger partial charge in [-0.15, -0.1) is 0 Å². The van der Waals surface area contributed by atoms with Crippen molar-refractivity contribution < 1.29 is 4.42 Å². The quantitative estimate of drug-likeness (QED) is 0.107. The van der Waals surface area contributed by atoms with Gasteiger partial charge in [-0.2, -0.15) is 0 Å². The van der Waals surface area contributed by atoms with Gasteiger partial charge in [0.25, 0.3) is 0 Å². The first kappa shape index (κ1) is 46.4. The molecule has 0 radical (unpaired) electrons. The van der Waals surface area contributed by atoms with Crippen molar-refractivity contribution in [3.8, 4) is 55.6 Å². The molecule has 75 heavy (non-hydrogen) atoms. The van der Waals surface area contributed by atoms with Gasteiger partial charge >= 0.3 is 0 Å². The van der Waals surface area contributed by atoms with Gasteiger partial charge in [0.1, 0.15) is 11.2 Å². The van der Waals surface area contributed by atoms with Crippen LogP contribution in [-0.2, 0) is 0 Å². The number of rotatable bonds is 13. The summed E-state index contributed by atoms with van der Waals surface area (Å²) in [6.45, 7) is 4.15. The summed E-state index contributed by atoms with van der Waals surface area (Å²) in [6, 6.07) is 97.8. The largest absolute Gasteiger partial charge is 0.455 e. The van der Waals surface area contributed by atoms with Gasteiger partial charge in [0.2, 0.25) is 0 Å². The lowest BCUT2D eigenvalue weighted by Gasteiger charge is -2.26. The molecule has 0 aliphatic rings. The van der Waals surface area contributed by atoms with E-state index < -0.39 is 0 Å². The summed E-state index contributed by atoms with van der Waals surface area (Å²) in [4.78, 5) is 4.68. The molecule has 3 heteroatoms. The van der Waals surface area contributed by atoms with Crippen LogP contribution in [0.4, 0.5) is 34.1 Å². The SMILES string of the molecule is C/C=C\C(=C/C)c1ccc(N(c2ccc(-c3cccc4c3oc3c(-c5ccc(N(c6ccc(-c7ccccc7)cc6)c6cccc(-c7ccccc7)c6)cc5)cccc34)cc2)c2cccc(-c3ccccc3)c2)cc1. The van der Waals surface area contributed by atoms with E-state index >= 15 is 0 Å². The van der Waals surface area contributed by atoms with E-state index in [1.807, 2.05) is 0 Å². The molecule has 0 bridgehead atoms. The van der Waals surface area contributed by atoms with E-state index in [2.05, 4.69) is 315 Å². The Morgan fingerprint density at radius 2 is 0.653 bits per heavy atom. The fourth-order valence-corrected chi connectivity index (χ4v) is 10.4. The smallest absolute Gasteiger partial charge is 0.143 e. The highest BCUT2D eigenvalue weighted by Crippen LogP contribution is 2.44. The third-order valence-corrected chi connectivity index (χ3v) is 14.2. The number of allylic oxidation sites excluding steroid dienone is 4. The molecule has 0 fully saturated rings. The topological polar surface area (TPSA) is 19.6 Å². The van der Waals surface area contributed by atoms with Crippen molar-refractivity contribution in [1.82, 2.24) is 0 Å². The number of para-hydroxylation sites is 2. The molecule has 12 rings (SSSR count). The maximum absolute atomic E-state index is 7.04. The van der Waals surface area contributed by atoms with Crippen LogP contribution >= 0.6 is 0 Å². The van der Waals surface area contributed by atoms with E-state index in [0.717, 1.165) is 78.3 Å². The minimum atomic E-state index is 0.872. The number of fused-ring (bicyclic) bond motifs is 3. The third-order valence-electron chi connectivity index (χ3n) is 14.2. The lowest BCUT2D eigenvalue weighted by molar-refractivity contribution is 0.671. The van der Waals surface area contributed by atoms with Crippen molar-refractivity contribution in [2.75, 3.05) is 9.80 Å². The first-order chi connectivity index (χ1) is 37.1. The van der Waals surface area contributed by atoms with Gasteiger partial charge in [-0.3, -0.25) is 0 Å². The van der Waals surface area contributed by atoms with Crippen molar-refractivity contribution in [2.45, 2.75) is 13.8 Å². The Bertz CT molecular complexity index is 3970. The zero-order valence-corrected chi connectivity index (χ0v) is 42.0. The average Bonchev–Trinajstić information content (AvgIpc) is 3.91. The molecule has 0 aliphatic heterocycles. The highest BCUT2D eigenvalue weighted by atomic mass is 16.3. The van der Waals surface area contributed by atoms with Crippen LogP contribution in [0.15, 0.2) is 296 Å². The summed E-state index contributed by atoms with van der Waals surface area (Å²) in [7, 11) is 0. The van der Waals surface area contributed by atoms with Crippen molar-refractivity contribution in [2.24, 2.45) is 0 Å². The normalized spacial score (nSPS) is 11.6. The lowest BCUT2D eigenvalue weighted by atomic mass is 9.99. The van der Waals surface area contributed by atoms with Crippen molar-refractivity contribution in [1.29, 1.82) is 0 Å². The van der Waals surface area contributed by atoms with Crippen LogP contribution in [0, 0.1) is 0 Å². The molecule has 0 amide bonds. The zero-order chi connectivity index (χ0) is 50.5. The Morgan fingerprint density at radius 1 is 0.307 bits per heavy atom. The predicted octanol–water partition coefficient (Wildman–Crippen LogP) is 20.8. The van der Waals surface area contributed by atoms with E-state index in [1.165, 1.54) is 44.5 Å². The van der Waals surface area contributed by atoms with Crippen LogP contribution in [0.5, 0.6) is 0 Å². The van der Waals surface area contributed by atoms with Crippen LogP contribution in [-0.4, -0.2) is 0 Å². The molecule has 0 saturated heterocycles. The minimum Gasteiger partial charge on any atom is -0.455 e. The van der Waals surface area contributed by atoms with Gasteiger partial charge in [-0.25, -0.2) is 0 Å². The van der Waals surface area contributed by atoms with Gasteiger partial charge in [-0.1, -0.05) is 218 Å². The Kier molecular flexibility index (Phi) is 12.9. The van der Waals surface area contributed by atoms with Gasteiger partial charge in [0.15, 0.2) is 0 Å². The Hall–Kier alpha value is -9.70. The number of hydrogen-bond acceptors (Lipinski definition) is 3. The summed E-state index contributed by atoms with van der Waals surface area (Å²) in [6.07, 6.45) is 6.40. The Morgan fingerprint density at radius 3 is 1.05 bits per heavy atom. The molecule has 0 saturated carbocycles. The summed E-state index contributed by atoms with van der Waals surface area (Å²) in [5.74, 6) is 0. The molecular weight excluding hydrogens is 909 g/mol. The first-order valence-electron chi connectivity index (χ1n) is 25.7. The van der Waals surface area contributed by atoms with E-state index in [1.54, 1.807) is 0 Å². The first-order valence-corrected chi connectivity index (χ1v) is 25.7. The van der Waals surface area contributed by atoms with Crippen molar-refractivity contribution in [3.63, 3.8) is 0 Å². The average molecular weight is 963 g/mol. The zero-order valence-electron chi connectivity index (χ0n) is 42.0. The fraction of sp³-hybridized carbons (Fsp3) is 0.0278. The second-order valence-corrected chi connectivity index (χ2v) is 18.8. The second kappa shape index (κ2) is 20.8. The molecule has 12 aromatic rings. The van der Waals surface area contributed by atoms with Crippen LogP contribution in [0.3, 0.4) is 0 Å². The van der Waals surface area contributed by atoms with Crippen molar-refractivity contribution >= 4 is 61.6 Å². The van der Waals surface area contributed by atoms with E-state index in [0.29, 0.717) is 0 Å². The van der Waals surface area contributed by atoms with Gasteiger partial charge < -0.3 is 14.2 Å². The Labute approximate surface area is 439 Å². The van der Waals surface area contributed by atoms with Crippen molar-refractivity contribution in [3.05, 3.63) is 297 Å². The summed E-state index contributed by atoms with van der Waals surface area (Å²) in [5, 5.41) is 2.18. The number of furan rings is 1. The predicted molar refractivity (Wildman–Crippen MR) is 319 cm³/mol. The number of nitrogens with zero attached hydrogens (tertiary/aromatic N) is 2. The van der Waals surface area contributed by atoms with Gasteiger partial charge in [0, 0.05) is 56.0 Å². The lowest BCUT2D eigenvalue weighted by Crippen LogP contribution is -2.10. The van der Waals surface area contributed by atoms with Gasteiger partial charge in [-0.05, 0) is 142 Å². The highest BCUT2D eigenvalue weighted by Gasteiger charge is 2.20. The molecular formula is C72H54N2O. The van der Waals surface area contributed by atoms with Gasteiger partial charge in [0.05, 0.1) is 0 Å². The molecule has 0 aliphatic carbocycles. The maximum Gasteiger partial charge on any atom is 0.143 e. The van der Waals surface area contributed by atoms with E-state index in [-0.39, 0.29) is 0 Å². The standard InChI is InChI=1S/C72H54N2O/c1-3-18-51(4-2)55-33-41-61(42-34-55)73(65-27-14-25-59(49-65)53-21-10-6-11-22-53)63-45-37-57(38-46-63)67-29-16-31-69-70-32-17-30-68(72(70)75-71(67)69)58-39-47-64(48-40-58)74(62-43-35-56(36-44-62)52-19-8-5-9-20-52)66-28-15-26-60(50-66)54-23-12-7-13-24-54/h3-50H,1-2H3/b18-3-,51-4+. The summed E-state index contributed by atoms with van der Waals surface area (Å²) < 4.78 is 7.04. The fourth-order valence-electron chi connectivity index (χ4n) is 10.4. The van der Waals surface area contributed by atoms with E-state index in [4.69, 9.17) is 4.42 Å². The number of anilines is 6. The number of benzene rings is 11. The maximum atomic E-state index is 7.04. The van der Waals surface area contributed by atoms with Crippen LogP contribution in [0.1, 0.15) is 19.4 Å². The Balaban J connectivity index is 0.891. The highest BCUT2D eigenvalue weighted by molar-refractivity contribution is 6.13. The van der Waals surface area contributed by atoms with Crippen LogP contribution in [0.2, 0.25) is 0 Å². The van der Waals surface area contributed by atoms with Crippen LogP contribution < -0.4 is 9.80 Å². The molecule has 11 aromatic carbocycles. The number of hydrogen-bond donors (Lipinski definition) is 0. The van der Waals surface area contributed by atoms with Crippen LogP contribution in [0.25, 0.3) is 83.1 Å². The molecule has 358 valence electrons. The van der Waals surface area contributed by atoms with E-state index in [9.17, 15) is 0 Å². The molecule has 1 aromatic heterocycles. The summed E-state index contributed by atoms with van der Waals surface area (Å²) >= 11 is 0. The second-order valence-electron chi connectivity index (χ2n) is 18.8.